The van der Waals surface area contributed by atoms with Crippen LogP contribution in [0.4, 0.5) is 0 Å². The van der Waals surface area contributed by atoms with Crippen molar-refractivity contribution in [1.82, 2.24) is 0 Å². The Hall–Kier alpha value is -0.150. The van der Waals surface area contributed by atoms with Crippen LogP contribution in [-0.2, 0) is 4.74 Å². The third-order valence-corrected chi connectivity index (χ3v) is 1.00. The van der Waals surface area contributed by atoms with Gasteiger partial charge in [0.15, 0.2) is 11.8 Å². The summed E-state index contributed by atoms with van der Waals surface area (Å²) < 4.78 is 4.57. The van der Waals surface area contributed by atoms with Gasteiger partial charge in [-0.25, -0.2) is 0 Å². The van der Waals surface area contributed by atoms with Crippen LogP contribution in [0, 0.1) is 0 Å². The normalized spacial score (nSPS) is 8.75. The highest BCUT2D eigenvalue weighted by atomic mass is 32.1. The molecule has 0 fully saturated rings. The van der Waals surface area contributed by atoms with Crippen molar-refractivity contribution in [1.29, 1.82) is 0 Å². The van der Waals surface area contributed by atoms with Gasteiger partial charge in [-0.1, -0.05) is 6.92 Å². The largest absolute Gasteiger partial charge is 0.461 e. The molecular weight excluding hydrogens is 124 g/mol. The highest BCUT2D eigenvalue weighted by Gasteiger charge is 1.90. The van der Waals surface area contributed by atoms with Gasteiger partial charge in [-0.3, -0.25) is 0 Å². The molecule has 0 saturated heterocycles. The van der Waals surface area contributed by atoms with Crippen molar-refractivity contribution >= 4 is 17.3 Å². The molecule has 0 unspecified atom stereocenters. The zero-order valence-corrected chi connectivity index (χ0v) is 5.70. The van der Waals surface area contributed by atoms with Crippen LogP contribution >= 0.6 is 12.2 Å². The first kappa shape index (κ1) is 7.85. The van der Waals surface area contributed by atoms with Gasteiger partial charge in [0.2, 0.25) is 0 Å². The SMILES string of the molecule is CCCC(=S)OCO. The van der Waals surface area contributed by atoms with E-state index < -0.39 is 0 Å². The van der Waals surface area contributed by atoms with E-state index in [1.165, 1.54) is 0 Å². The average Bonchev–Trinajstić information content (AvgIpc) is 1.68. The number of aliphatic hydroxyl groups is 1. The number of aliphatic hydroxyl groups excluding tert-OH is 1. The summed E-state index contributed by atoms with van der Waals surface area (Å²) in [6.45, 7) is 1.71. The quantitative estimate of drug-likeness (QED) is 0.462. The van der Waals surface area contributed by atoms with Crippen molar-refractivity contribution in [3.63, 3.8) is 0 Å². The third-order valence-electron chi connectivity index (χ3n) is 0.680. The zero-order chi connectivity index (χ0) is 6.41. The molecule has 0 saturated carbocycles. The van der Waals surface area contributed by atoms with E-state index in [2.05, 4.69) is 17.0 Å². The van der Waals surface area contributed by atoms with Crippen LogP contribution < -0.4 is 0 Å². The molecule has 0 aliphatic carbocycles. The lowest BCUT2D eigenvalue weighted by atomic mass is 10.4. The number of rotatable bonds is 3. The molecule has 48 valence electrons. The number of ether oxygens (including phenoxy) is 1. The van der Waals surface area contributed by atoms with Gasteiger partial charge < -0.3 is 9.84 Å². The molecule has 0 rings (SSSR count). The van der Waals surface area contributed by atoms with Gasteiger partial charge in [-0.05, 0) is 18.6 Å². The molecule has 0 radical (unpaired) electrons. The molecule has 1 N–H and O–H groups in total. The molecule has 0 bridgehead atoms. The Balaban J connectivity index is 3.06. The van der Waals surface area contributed by atoms with E-state index in [0.29, 0.717) is 5.05 Å². The summed E-state index contributed by atoms with van der Waals surface area (Å²) in [5.74, 6) is 0. The summed E-state index contributed by atoms with van der Waals surface area (Å²) in [6, 6.07) is 0. The maximum absolute atomic E-state index is 8.15. The Morgan fingerprint density at radius 3 is 2.75 bits per heavy atom. The standard InChI is InChI=1S/C5H10O2S/c1-2-3-5(8)7-4-6/h6H,2-4H2,1H3. The maximum Gasteiger partial charge on any atom is 0.187 e. The molecule has 0 aromatic heterocycles. The lowest BCUT2D eigenvalue weighted by Crippen LogP contribution is -2.00. The Morgan fingerprint density at radius 1 is 1.75 bits per heavy atom. The Kier molecular flexibility index (Phi) is 4.90. The van der Waals surface area contributed by atoms with Crippen molar-refractivity contribution in [2.45, 2.75) is 19.8 Å². The molecule has 0 aliphatic heterocycles. The van der Waals surface area contributed by atoms with Gasteiger partial charge in [-0.15, -0.1) is 0 Å². The first-order chi connectivity index (χ1) is 3.81. The molecule has 0 spiro atoms. The zero-order valence-electron chi connectivity index (χ0n) is 4.89. The monoisotopic (exact) mass is 134 g/mol. The van der Waals surface area contributed by atoms with E-state index in [4.69, 9.17) is 5.11 Å². The molecule has 0 aliphatic rings. The smallest absolute Gasteiger partial charge is 0.187 e. The molecule has 0 heterocycles. The van der Waals surface area contributed by atoms with Crippen molar-refractivity contribution in [2.75, 3.05) is 6.79 Å². The maximum atomic E-state index is 8.15. The highest BCUT2D eigenvalue weighted by molar-refractivity contribution is 7.80. The van der Waals surface area contributed by atoms with Crippen LogP contribution in [0.25, 0.3) is 0 Å². The van der Waals surface area contributed by atoms with Crippen LogP contribution in [0.5, 0.6) is 0 Å². The van der Waals surface area contributed by atoms with Gasteiger partial charge in [0.1, 0.15) is 0 Å². The van der Waals surface area contributed by atoms with Crippen LogP contribution in [0.3, 0.4) is 0 Å². The van der Waals surface area contributed by atoms with Gasteiger partial charge in [0.25, 0.3) is 0 Å². The van der Waals surface area contributed by atoms with Crippen LogP contribution in [0.15, 0.2) is 0 Å². The predicted molar refractivity (Wildman–Crippen MR) is 35.7 cm³/mol. The van der Waals surface area contributed by atoms with E-state index in [1.54, 1.807) is 0 Å². The van der Waals surface area contributed by atoms with E-state index in [1.807, 2.05) is 6.92 Å². The second-order valence-corrected chi connectivity index (χ2v) is 1.85. The minimum Gasteiger partial charge on any atom is -0.461 e. The predicted octanol–water partition coefficient (Wildman–Crippen LogP) is 1.08. The Morgan fingerprint density at radius 2 is 2.38 bits per heavy atom. The van der Waals surface area contributed by atoms with Crippen molar-refractivity contribution in [3.05, 3.63) is 0 Å². The fourth-order valence-electron chi connectivity index (χ4n) is 0.348. The van der Waals surface area contributed by atoms with Crippen LogP contribution in [0.1, 0.15) is 19.8 Å². The summed E-state index contributed by atoms with van der Waals surface area (Å²) in [5, 5.41) is 8.65. The topological polar surface area (TPSA) is 29.5 Å². The Bertz CT molecular complexity index is 64.8. The molecule has 8 heavy (non-hydrogen) atoms. The van der Waals surface area contributed by atoms with Gasteiger partial charge in [0, 0.05) is 6.42 Å². The second kappa shape index (κ2) is 5.00. The minimum absolute atomic E-state index is 0.293. The van der Waals surface area contributed by atoms with E-state index in [-0.39, 0.29) is 6.79 Å². The first-order valence-corrected chi connectivity index (χ1v) is 2.98. The summed E-state index contributed by atoms with van der Waals surface area (Å²) in [5.41, 5.74) is 0. The number of hydrogen-bond acceptors (Lipinski definition) is 3. The van der Waals surface area contributed by atoms with Crippen molar-refractivity contribution in [2.24, 2.45) is 0 Å². The summed E-state index contributed by atoms with van der Waals surface area (Å²) in [7, 11) is 0. The van der Waals surface area contributed by atoms with E-state index in [0.717, 1.165) is 12.8 Å². The van der Waals surface area contributed by atoms with Crippen LogP contribution in [0.2, 0.25) is 0 Å². The van der Waals surface area contributed by atoms with Gasteiger partial charge >= 0.3 is 0 Å². The lowest BCUT2D eigenvalue weighted by molar-refractivity contribution is 0.0889. The fraction of sp³-hybridized carbons (Fsp3) is 0.800. The molecule has 0 aromatic rings. The molecule has 0 aromatic carbocycles. The summed E-state index contributed by atoms with van der Waals surface area (Å²) in [6.07, 6.45) is 1.73. The van der Waals surface area contributed by atoms with Crippen molar-refractivity contribution < 1.29 is 9.84 Å². The van der Waals surface area contributed by atoms with Crippen LogP contribution in [-0.4, -0.2) is 17.0 Å². The summed E-state index contributed by atoms with van der Waals surface area (Å²) >= 11 is 4.67. The lowest BCUT2D eigenvalue weighted by Gasteiger charge is -1.99. The van der Waals surface area contributed by atoms with Gasteiger partial charge in [0.05, 0.1) is 0 Å². The number of thiocarbonyl (C=S) groups is 1. The molecule has 3 heteroatoms. The molecule has 0 atom stereocenters. The number of hydrogen-bond donors (Lipinski definition) is 1. The second-order valence-electron chi connectivity index (χ2n) is 1.40. The average molecular weight is 134 g/mol. The van der Waals surface area contributed by atoms with E-state index >= 15 is 0 Å². The minimum atomic E-state index is -0.293. The van der Waals surface area contributed by atoms with Crippen molar-refractivity contribution in [3.8, 4) is 0 Å². The molecule has 2 nitrogen and oxygen atoms in total. The molecule has 0 amide bonds. The van der Waals surface area contributed by atoms with Gasteiger partial charge in [-0.2, -0.15) is 0 Å². The fourth-order valence-corrected chi connectivity index (χ4v) is 0.605. The third kappa shape index (κ3) is 4.02. The first-order valence-electron chi connectivity index (χ1n) is 2.57. The Labute approximate surface area is 54.5 Å². The summed E-state index contributed by atoms with van der Waals surface area (Å²) in [4.78, 5) is 0. The van der Waals surface area contributed by atoms with E-state index in [9.17, 15) is 0 Å². The molecular formula is C5H10O2S. The highest BCUT2D eigenvalue weighted by Crippen LogP contribution is 1.92.